The minimum absolute atomic E-state index is 0.229. The molecule has 0 saturated carbocycles. The molecule has 0 aromatic rings. The van der Waals surface area contributed by atoms with E-state index in [1.807, 2.05) is 6.08 Å². The summed E-state index contributed by atoms with van der Waals surface area (Å²) in [6.07, 6.45) is 5.37. The van der Waals surface area contributed by atoms with Crippen LogP contribution in [0.3, 0.4) is 0 Å². The Morgan fingerprint density at radius 2 is 1.89 bits per heavy atom. The lowest BCUT2D eigenvalue weighted by Crippen LogP contribution is -2.43. The van der Waals surface area contributed by atoms with Gasteiger partial charge in [-0.2, -0.15) is 0 Å². The average Bonchev–Trinajstić information content (AvgIpc) is 2.22. The molecule has 3 nitrogen and oxygen atoms in total. The lowest BCUT2D eigenvalue weighted by Gasteiger charge is -2.38. The van der Waals surface area contributed by atoms with Gasteiger partial charge in [-0.3, -0.25) is 0 Å². The van der Waals surface area contributed by atoms with Gasteiger partial charge in [-0.15, -0.1) is 0 Å². The first-order valence-corrected chi connectivity index (χ1v) is 10.0. The normalized spacial score (nSPS) is 14.7. The van der Waals surface area contributed by atoms with Gasteiger partial charge in [0.2, 0.25) is 0 Å². The van der Waals surface area contributed by atoms with E-state index in [9.17, 15) is 4.79 Å². The third kappa shape index (κ3) is 7.53. The van der Waals surface area contributed by atoms with Gasteiger partial charge in [0.15, 0.2) is 8.32 Å². The summed E-state index contributed by atoms with van der Waals surface area (Å²) in [7, 11) is -1.68. The average molecular weight is 286 g/mol. The standard InChI is InChI=1S/C15H30O3Si/c1-8-17-14(16)12-10-9-11-13(2)18-19(6,7)15(3,4)5/h10,12-13H,8-9,11H2,1-7H3/b12-10+/t13-/m1/s1. The number of allylic oxidation sites excluding steroid dienone is 1. The van der Waals surface area contributed by atoms with Crippen LogP contribution in [0.4, 0.5) is 0 Å². The van der Waals surface area contributed by atoms with Crippen LogP contribution in [0.25, 0.3) is 0 Å². The first-order valence-electron chi connectivity index (χ1n) is 7.11. The minimum Gasteiger partial charge on any atom is -0.463 e. The molecule has 0 heterocycles. The maximum absolute atomic E-state index is 11.1. The molecule has 0 unspecified atom stereocenters. The molecule has 0 rings (SSSR count). The molecule has 4 heteroatoms. The summed E-state index contributed by atoms with van der Waals surface area (Å²) < 4.78 is 11.1. The zero-order valence-electron chi connectivity index (χ0n) is 13.6. The van der Waals surface area contributed by atoms with Gasteiger partial charge in [-0.25, -0.2) is 4.79 Å². The van der Waals surface area contributed by atoms with E-state index in [4.69, 9.17) is 9.16 Å². The Labute approximate surface area is 119 Å². The van der Waals surface area contributed by atoms with Gasteiger partial charge in [-0.05, 0) is 44.8 Å². The van der Waals surface area contributed by atoms with Crippen molar-refractivity contribution in [3.05, 3.63) is 12.2 Å². The summed E-state index contributed by atoms with van der Waals surface area (Å²) >= 11 is 0. The number of hydrogen-bond donors (Lipinski definition) is 0. The van der Waals surface area contributed by atoms with Gasteiger partial charge < -0.3 is 9.16 Å². The van der Waals surface area contributed by atoms with Gasteiger partial charge >= 0.3 is 5.97 Å². The van der Waals surface area contributed by atoms with E-state index in [0.717, 1.165) is 12.8 Å². The molecule has 0 aromatic carbocycles. The van der Waals surface area contributed by atoms with E-state index in [2.05, 4.69) is 40.8 Å². The molecule has 1 atom stereocenters. The predicted molar refractivity (Wildman–Crippen MR) is 82.8 cm³/mol. The molecular weight excluding hydrogens is 256 g/mol. The molecule has 0 radical (unpaired) electrons. The van der Waals surface area contributed by atoms with Crippen LogP contribution < -0.4 is 0 Å². The highest BCUT2D eigenvalue weighted by atomic mass is 28.4. The number of esters is 1. The fourth-order valence-electron chi connectivity index (χ4n) is 1.44. The summed E-state index contributed by atoms with van der Waals surface area (Å²) in [5, 5.41) is 0.238. The largest absolute Gasteiger partial charge is 0.463 e. The van der Waals surface area contributed by atoms with Crippen LogP contribution in [-0.2, 0) is 14.0 Å². The van der Waals surface area contributed by atoms with Crippen LogP contribution in [0, 0.1) is 0 Å². The Kier molecular flexibility index (Phi) is 7.60. The van der Waals surface area contributed by atoms with E-state index in [0.29, 0.717) is 6.61 Å². The molecule has 0 fully saturated rings. The molecule has 0 aliphatic rings. The van der Waals surface area contributed by atoms with E-state index in [-0.39, 0.29) is 17.1 Å². The second-order valence-electron chi connectivity index (χ2n) is 6.42. The third-order valence-electron chi connectivity index (χ3n) is 3.58. The van der Waals surface area contributed by atoms with Crippen molar-refractivity contribution in [2.24, 2.45) is 0 Å². The smallest absolute Gasteiger partial charge is 0.330 e. The SMILES string of the molecule is CCOC(=O)/C=C/CC[C@@H](C)O[Si](C)(C)C(C)(C)C. The maximum Gasteiger partial charge on any atom is 0.330 e. The summed E-state index contributed by atoms with van der Waals surface area (Å²) in [5.41, 5.74) is 0. The van der Waals surface area contributed by atoms with Crippen molar-refractivity contribution < 1.29 is 14.0 Å². The molecule has 19 heavy (non-hydrogen) atoms. The Bertz CT molecular complexity index is 303. The topological polar surface area (TPSA) is 35.5 Å². The fourth-order valence-corrected chi connectivity index (χ4v) is 2.92. The summed E-state index contributed by atoms with van der Waals surface area (Å²) in [6, 6.07) is 0. The quantitative estimate of drug-likeness (QED) is 0.398. The molecule has 0 saturated heterocycles. The Hall–Kier alpha value is -0.613. The van der Waals surface area contributed by atoms with Crippen LogP contribution in [0.15, 0.2) is 12.2 Å². The zero-order chi connectivity index (χ0) is 15.1. The Balaban J connectivity index is 4.07. The van der Waals surface area contributed by atoms with Gasteiger partial charge in [-0.1, -0.05) is 26.8 Å². The van der Waals surface area contributed by atoms with Crippen LogP contribution >= 0.6 is 0 Å². The predicted octanol–water partition coefficient (Wildman–Crippen LogP) is 4.30. The summed E-state index contributed by atoms with van der Waals surface area (Å²) in [6.45, 7) is 15.6. The lowest BCUT2D eigenvalue weighted by atomic mass is 10.2. The number of carbonyl (C=O) groups is 1. The molecule has 0 aromatic heterocycles. The van der Waals surface area contributed by atoms with E-state index in [1.165, 1.54) is 6.08 Å². The molecule has 0 N–H and O–H groups in total. The monoisotopic (exact) mass is 286 g/mol. The first-order chi connectivity index (χ1) is 8.60. The van der Waals surface area contributed by atoms with Crippen molar-refractivity contribution in [2.45, 2.75) is 71.7 Å². The third-order valence-corrected chi connectivity index (χ3v) is 8.19. The van der Waals surface area contributed by atoms with Gasteiger partial charge in [0.25, 0.3) is 0 Å². The van der Waals surface area contributed by atoms with Crippen molar-refractivity contribution in [1.29, 1.82) is 0 Å². The number of rotatable bonds is 7. The van der Waals surface area contributed by atoms with Gasteiger partial charge in [0.1, 0.15) is 0 Å². The molecule has 112 valence electrons. The number of hydrogen-bond acceptors (Lipinski definition) is 3. The number of ether oxygens (including phenoxy) is 1. The van der Waals surface area contributed by atoms with E-state index < -0.39 is 8.32 Å². The molecular formula is C15H30O3Si. The van der Waals surface area contributed by atoms with Gasteiger partial charge in [0, 0.05) is 12.2 Å². The summed E-state index contributed by atoms with van der Waals surface area (Å²) in [4.78, 5) is 11.1. The first kappa shape index (κ1) is 18.4. The zero-order valence-corrected chi connectivity index (χ0v) is 14.6. The second-order valence-corrected chi connectivity index (χ2v) is 11.2. The maximum atomic E-state index is 11.1. The van der Waals surface area contributed by atoms with Crippen LogP contribution in [0.2, 0.25) is 18.1 Å². The molecule has 0 aliphatic heterocycles. The van der Waals surface area contributed by atoms with E-state index in [1.54, 1.807) is 6.92 Å². The number of carbonyl (C=O) groups excluding carboxylic acids is 1. The summed E-state index contributed by atoms with van der Waals surface area (Å²) in [5.74, 6) is -0.263. The molecule has 0 spiro atoms. The highest BCUT2D eigenvalue weighted by Gasteiger charge is 2.38. The highest BCUT2D eigenvalue weighted by Crippen LogP contribution is 2.37. The fraction of sp³-hybridized carbons (Fsp3) is 0.800. The minimum atomic E-state index is -1.68. The van der Waals surface area contributed by atoms with E-state index >= 15 is 0 Å². The Morgan fingerprint density at radius 1 is 1.32 bits per heavy atom. The molecule has 0 bridgehead atoms. The molecule has 0 aliphatic carbocycles. The second kappa shape index (κ2) is 7.85. The molecule has 0 amide bonds. The van der Waals surface area contributed by atoms with Crippen LogP contribution in [-0.4, -0.2) is 27.0 Å². The van der Waals surface area contributed by atoms with Crippen molar-refractivity contribution in [3.8, 4) is 0 Å². The Morgan fingerprint density at radius 3 is 2.37 bits per heavy atom. The van der Waals surface area contributed by atoms with Crippen molar-refractivity contribution in [2.75, 3.05) is 6.61 Å². The lowest BCUT2D eigenvalue weighted by molar-refractivity contribution is -0.137. The highest BCUT2D eigenvalue weighted by molar-refractivity contribution is 6.74. The van der Waals surface area contributed by atoms with Crippen molar-refractivity contribution >= 4 is 14.3 Å². The van der Waals surface area contributed by atoms with Crippen LogP contribution in [0.5, 0.6) is 0 Å². The van der Waals surface area contributed by atoms with Crippen molar-refractivity contribution in [3.63, 3.8) is 0 Å². The van der Waals surface area contributed by atoms with Crippen molar-refractivity contribution in [1.82, 2.24) is 0 Å². The van der Waals surface area contributed by atoms with Gasteiger partial charge in [0.05, 0.1) is 6.61 Å². The van der Waals surface area contributed by atoms with Crippen LogP contribution in [0.1, 0.15) is 47.5 Å².